The molecule has 5 aliphatic rings. The van der Waals surface area contributed by atoms with Crippen LogP contribution in [0.2, 0.25) is 0 Å². The lowest BCUT2D eigenvalue weighted by molar-refractivity contribution is -0.146. The van der Waals surface area contributed by atoms with Crippen LogP contribution in [-0.2, 0) is 9.59 Å². The first-order chi connectivity index (χ1) is 15.1. The minimum atomic E-state index is -0.141. The zero-order chi connectivity index (χ0) is 21.4. The van der Waals surface area contributed by atoms with Gasteiger partial charge >= 0.3 is 0 Å². The van der Waals surface area contributed by atoms with Gasteiger partial charge in [-0.15, -0.1) is 0 Å². The number of hydrogen-bond donors (Lipinski definition) is 1. The van der Waals surface area contributed by atoms with Gasteiger partial charge in [-0.1, -0.05) is 12.1 Å². The molecule has 6 rings (SSSR count). The third-order valence-electron chi connectivity index (χ3n) is 8.14. The number of piperazine rings is 1. The highest BCUT2D eigenvalue weighted by atomic mass is 16.2. The normalized spacial score (nSPS) is 31.4. The van der Waals surface area contributed by atoms with Crippen LogP contribution in [0.3, 0.4) is 0 Å². The molecule has 0 spiro atoms. The van der Waals surface area contributed by atoms with Crippen molar-refractivity contribution in [3.63, 3.8) is 0 Å². The molecule has 0 aromatic heterocycles. The molecule has 0 atom stereocenters. The summed E-state index contributed by atoms with van der Waals surface area (Å²) in [4.78, 5) is 29.8. The van der Waals surface area contributed by atoms with E-state index in [1.54, 1.807) is 0 Å². The molecular weight excluding hydrogens is 388 g/mol. The van der Waals surface area contributed by atoms with E-state index >= 15 is 0 Å². The van der Waals surface area contributed by atoms with Gasteiger partial charge in [0.15, 0.2) is 0 Å². The van der Waals surface area contributed by atoms with E-state index in [4.69, 9.17) is 0 Å². The molecule has 4 bridgehead atoms. The zero-order valence-corrected chi connectivity index (χ0v) is 18.2. The summed E-state index contributed by atoms with van der Waals surface area (Å²) in [6, 6.07) is 9.87. The fraction of sp³-hybridized carbons (Fsp3) is 0.640. The molecule has 5 fully saturated rings. The number of nitriles is 1. The molecule has 1 N–H and O–H groups in total. The summed E-state index contributed by atoms with van der Waals surface area (Å²) >= 11 is 0. The Kier molecular flexibility index (Phi) is 5.37. The van der Waals surface area contributed by atoms with E-state index in [1.165, 1.54) is 19.3 Å². The van der Waals surface area contributed by atoms with Crippen molar-refractivity contribution in [1.82, 2.24) is 10.2 Å². The van der Waals surface area contributed by atoms with Gasteiger partial charge in [0, 0.05) is 44.6 Å². The van der Waals surface area contributed by atoms with E-state index in [9.17, 15) is 14.9 Å². The van der Waals surface area contributed by atoms with Crippen molar-refractivity contribution >= 4 is 17.5 Å². The van der Waals surface area contributed by atoms with Crippen LogP contribution in [-0.4, -0.2) is 49.4 Å². The zero-order valence-electron chi connectivity index (χ0n) is 18.2. The number of hydrogen-bond acceptors (Lipinski definition) is 4. The molecule has 0 unspecified atom stereocenters. The SMILES string of the molecule is N#Cc1ccccc1N1CCN(C(=O)CCNC(=O)C23CC4CC(CC(C4)C2)C3)CC1. The van der Waals surface area contributed by atoms with Crippen LogP contribution < -0.4 is 10.2 Å². The Labute approximate surface area is 184 Å². The summed E-state index contributed by atoms with van der Waals surface area (Å²) in [6.07, 6.45) is 7.54. The molecule has 1 aromatic carbocycles. The van der Waals surface area contributed by atoms with E-state index in [1.807, 2.05) is 29.2 Å². The van der Waals surface area contributed by atoms with Crippen LogP contribution in [0.15, 0.2) is 24.3 Å². The predicted octanol–water partition coefficient (Wildman–Crippen LogP) is 2.93. The van der Waals surface area contributed by atoms with Crippen molar-refractivity contribution in [3.8, 4) is 6.07 Å². The van der Waals surface area contributed by atoms with Gasteiger partial charge in [-0.25, -0.2) is 0 Å². The Balaban J connectivity index is 1.09. The second-order valence-corrected chi connectivity index (χ2v) is 10.2. The number of nitrogens with one attached hydrogen (secondary N) is 1. The third kappa shape index (κ3) is 3.91. The number of amides is 2. The second kappa shape index (κ2) is 8.18. The molecule has 6 heteroatoms. The van der Waals surface area contributed by atoms with Gasteiger partial charge < -0.3 is 15.1 Å². The van der Waals surface area contributed by atoms with E-state index in [0.717, 1.165) is 55.8 Å². The molecule has 0 radical (unpaired) electrons. The number of carbonyl (C=O) groups excluding carboxylic acids is 2. The number of rotatable bonds is 5. The fourth-order valence-electron chi connectivity index (χ4n) is 7.06. The second-order valence-electron chi connectivity index (χ2n) is 10.2. The third-order valence-corrected chi connectivity index (χ3v) is 8.14. The number of nitrogens with zero attached hydrogens (tertiary/aromatic N) is 3. The highest BCUT2D eigenvalue weighted by molar-refractivity contribution is 5.84. The van der Waals surface area contributed by atoms with Crippen LogP contribution >= 0.6 is 0 Å². The standard InChI is InChI=1S/C25H32N4O2/c26-17-21-3-1-2-4-22(21)28-7-9-29(10-8-28)23(30)5-6-27-24(31)25-14-18-11-19(15-25)13-20(12-18)16-25/h1-4,18-20H,5-16H2,(H,27,31). The molecule has 4 saturated carbocycles. The number of anilines is 1. The van der Waals surface area contributed by atoms with Gasteiger partial charge in [0.1, 0.15) is 6.07 Å². The van der Waals surface area contributed by atoms with Crippen molar-refractivity contribution in [2.24, 2.45) is 23.2 Å². The Hall–Kier alpha value is -2.55. The Morgan fingerprint density at radius 1 is 1.00 bits per heavy atom. The van der Waals surface area contributed by atoms with Crippen molar-refractivity contribution in [2.75, 3.05) is 37.6 Å². The Bertz CT molecular complexity index is 862. The largest absolute Gasteiger partial charge is 0.367 e. The average molecular weight is 421 g/mol. The van der Waals surface area contributed by atoms with E-state index in [2.05, 4.69) is 16.3 Å². The van der Waals surface area contributed by atoms with Gasteiger partial charge in [0.25, 0.3) is 0 Å². The maximum Gasteiger partial charge on any atom is 0.226 e. The van der Waals surface area contributed by atoms with Gasteiger partial charge in [0.05, 0.1) is 11.3 Å². The van der Waals surface area contributed by atoms with E-state index in [0.29, 0.717) is 31.6 Å². The summed E-state index contributed by atoms with van der Waals surface area (Å²) in [5, 5.41) is 12.4. The van der Waals surface area contributed by atoms with E-state index in [-0.39, 0.29) is 17.2 Å². The molecule has 31 heavy (non-hydrogen) atoms. The van der Waals surface area contributed by atoms with Crippen molar-refractivity contribution in [3.05, 3.63) is 29.8 Å². The summed E-state index contributed by atoms with van der Waals surface area (Å²) in [5.41, 5.74) is 1.48. The first-order valence-electron chi connectivity index (χ1n) is 11.9. The molecule has 1 heterocycles. The molecule has 1 aromatic rings. The highest BCUT2D eigenvalue weighted by Crippen LogP contribution is 2.60. The molecule has 1 aliphatic heterocycles. The van der Waals surface area contributed by atoms with Gasteiger partial charge in [-0.2, -0.15) is 5.26 Å². The summed E-state index contributed by atoms with van der Waals surface area (Å²) in [6.45, 7) is 3.20. The lowest BCUT2D eigenvalue weighted by Gasteiger charge is -2.55. The smallest absolute Gasteiger partial charge is 0.226 e. The van der Waals surface area contributed by atoms with Gasteiger partial charge in [-0.05, 0) is 68.4 Å². The molecule has 6 nitrogen and oxygen atoms in total. The predicted molar refractivity (Wildman–Crippen MR) is 118 cm³/mol. The maximum atomic E-state index is 13.0. The Morgan fingerprint density at radius 3 is 2.23 bits per heavy atom. The average Bonchev–Trinajstić information content (AvgIpc) is 2.78. The van der Waals surface area contributed by atoms with Gasteiger partial charge in [-0.3, -0.25) is 9.59 Å². The fourth-order valence-corrected chi connectivity index (χ4v) is 7.06. The number of benzene rings is 1. The van der Waals surface area contributed by atoms with Crippen LogP contribution in [0.4, 0.5) is 5.69 Å². The van der Waals surface area contributed by atoms with Crippen molar-refractivity contribution in [1.29, 1.82) is 5.26 Å². The molecular formula is C25H32N4O2. The van der Waals surface area contributed by atoms with Crippen LogP contribution in [0.5, 0.6) is 0 Å². The maximum absolute atomic E-state index is 13.0. The first-order valence-corrected chi connectivity index (χ1v) is 11.9. The quantitative estimate of drug-likeness (QED) is 0.795. The summed E-state index contributed by atoms with van der Waals surface area (Å²) in [5.74, 6) is 2.57. The minimum absolute atomic E-state index is 0.110. The van der Waals surface area contributed by atoms with Crippen LogP contribution in [0.25, 0.3) is 0 Å². The van der Waals surface area contributed by atoms with Gasteiger partial charge in [0.2, 0.25) is 11.8 Å². The van der Waals surface area contributed by atoms with Crippen molar-refractivity contribution in [2.45, 2.75) is 44.9 Å². The van der Waals surface area contributed by atoms with Crippen molar-refractivity contribution < 1.29 is 9.59 Å². The van der Waals surface area contributed by atoms with Crippen LogP contribution in [0, 0.1) is 34.5 Å². The topological polar surface area (TPSA) is 76.4 Å². The van der Waals surface area contributed by atoms with Crippen LogP contribution in [0.1, 0.15) is 50.5 Å². The molecule has 2 amide bonds. The lowest BCUT2D eigenvalue weighted by atomic mass is 9.49. The minimum Gasteiger partial charge on any atom is -0.367 e. The lowest BCUT2D eigenvalue weighted by Crippen LogP contribution is -2.54. The highest BCUT2D eigenvalue weighted by Gasteiger charge is 2.54. The number of carbonyl (C=O) groups is 2. The monoisotopic (exact) mass is 420 g/mol. The molecule has 1 saturated heterocycles. The molecule has 4 aliphatic carbocycles. The summed E-state index contributed by atoms with van der Waals surface area (Å²) < 4.78 is 0. The van der Waals surface area contributed by atoms with E-state index < -0.39 is 0 Å². The number of para-hydroxylation sites is 1. The summed E-state index contributed by atoms with van der Waals surface area (Å²) in [7, 11) is 0. The Morgan fingerprint density at radius 2 is 1.61 bits per heavy atom. The molecule has 164 valence electrons. The first kappa shape index (κ1) is 20.4.